The molecule has 7 heavy (non-hydrogen) atoms. The lowest BCUT2D eigenvalue weighted by molar-refractivity contribution is 0.570. The molecule has 0 radical (unpaired) electrons. The monoisotopic (exact) mass is 118 g/mol. The zero-order valence-corrected chi connectivity index (χ0v) is 5.33. The molecule has 0 atom stereocenters. The Labute approximate surface area is 48.5 Å². The fraction of sp³-hybridized carbons (Fsp3) is 0.800. The maximum Gasteiger partial charge on any atom is 0.176 e. The first-order chi connectivity index (χ1) is 3.41. The summed E-state index contributed by atoms with van der Waals surface area (Å²) in [7, 11) is 0. The Morgan fingerprint density at radius 1 is 1.71 bits per heavy atom. The average Bonchev–Trinajstić information content (AvgIpc) is 1.69. The molecule has 1 nitrogen and oxygen atoms in total. The second kappa shape index (κ2) is 6.02. The van der Waals surface area contributed by atoms with Gasteiger partial charge in [-0.1, -0.05) is 25.1 Å². The molecule has 0 aromatic rings. The molecule has 0 rings (SSSR count). The lowest BCUT2D eigenvalue weighted by Crippen LogP contribution is -1.74. The summed E-state index contributed by atoms with van der Waals surface area (Å²) in [6.07, 6.45) is 2.34. The smallest absolute Gasteiger partial charge is 0.176 e. The summed E-state index contributed by atoms with van der Waals surface area (Å²) in [5.74, 6) is 0.986. The van der Waals surface area contributed by atoms with Crippen molar-refractivity contribution in [3.05, 3.63) is 0 Å². The summed E-state index contributed by atoms with van der Waals surface area (Å²) in [5.41, 5.74) is 0.898. The Hall–Kier alpha value is 0.0200. The zero-order valence-electron chi connectivity index (χ0n) is 4.52. The molecular weight excluding hydrogens is 108 g/mol. The van der Waals surface area contributed by atoms with Crippen LogP contribution < -0.4 is 0 Å². The van der Waals surface area contributed by atoms with Crippen molar-refractivity contribution in [3.8, 4) is 0 Å². The van der Waals surface area contributed by atoms with Crippen LogP contribution in [0.15, 0.2) is 0 Å². The SMILES string of the molecule is CCCCSC=O. The van der Waals surface area contributed by atoms with Crippen molar-refractivity contribution in [2.24, 2.45) is 0 Å². The second-order valence-corrected chi connectivity index (χ2v) is 2.25. The average molecular weight is 118 g/mol. The van der Waals surface area contributed by atoms with E-state index in [-0.39, 0.29) is 0 Å². The molecule has 0 unspecified atom stereocenters. The number of carbonyl (C=O) groups is 1. The lowest BCUT2D eigenvalue weighted by Gasteiger charge is -1.85. The van der Waals surface area contributed by atoms with Gasteiger partial charge in [-0.25, -0.2) is 0 Å². The van der Waals surface area contributed by atoms with Crippen LogP contribution >= 0.6 is 11.8 Å². The number of carbonyl (C=O) groups excluding carboxylic acids is 1. The van der Waals surface area contributed by atoms with Gasteiger partial charge in [0.2, 0.25) is 0 Å². The molecule has 0 amide bonds. The Bertz CT molecular complexity index is 45.3. The largest absolute Gasteiger partial charge is 0.291 e. The molecule has 0 heterocycles. The highest BCUT2D eigenvalue weighted by atomic mass is 32.2. The molecule has 0 bridgehead atoms. The van der Waals surface area contributed by atoms with Gasteiger partial charge < -0.3 is 0 Å². The van der Waals surface area contributed by atoms with E-state index >= 15 is 0 Å². The molecule has 2 heteroatoms. The molecule has 0 aromatic heterocycles. The summed E-state index contributed by atoms with van der Waals surface area (Å²) in [4.78, 5) is 9.64. The Kier molecular flexibility index (Phi) is 6.04. The van der Waals surface area contributed by atoms with E-state index in [2.05, 4.69) is 6.92 Å². The van der Waals surface area contributed by atoms with Crippen LogP contribution in [0.4, 0.5) is 0 Å². The van der Waals surface area contributed by atoms with E-state index in [1.807, 2.05) is 0 Å². The van der Waals surface area contributed by atoms with Crippen LogP contribution in [0.5, 0.6) is 0 Å². The van der Waals surface area contributed by atoms with Crippen molar-refractivity contribution < 1.29 is 4.79 Å². The highest BCUT2D eigenvalue weighted by molar-refractivity contribution is 8.11. The van der Waals surface area contributed by atoms with Crippen LogP contribution in [0.1, 0.15) is 19.8 Å². The van der Waals surface area contributed by atoms with Gasteiger partial charge in [0.25, 0.3) is 0 Å². The molecule has 0 N–H and O–H groups in total. The van der Waals surface area contributed by atoms with Gasteiger partial charge >= 0.3 is 0 Å². The Morgan fingerprint density at radius 2 is 2.43 bits per heavy atom. The molecule has 0 aliphatic rings. The van der Waals surface area contributed by atoms with Crippen LogP contribution in [0.25, 0.3) is 0 Å². The number of hydrogen-bond acceptors (Lipinski definition) is 2. The third kappa shape index (κ3) is 6.02. The van der Waals surface area contributed by atoms with Crippen LogP contribution in [-0.2, 0) is 4.79 Å². The van der Waals surface area contributed by atoms with Gasteiger partial charge in [-0.05, 0) is 6.42 Å². The van der Waals surface area contributed by atoms with Crippen LogP contribution in [-0.4, -0.2) is 11.4 Å². The molecule has 0 spiro atoms. The van der Waals surface area contributed by atoms with Gasteiger partial charge in [-0.2, -0.15) is 0 Å². The van der Waals surface area contributed by atoms with Gasteiger partial charge in [0.15, 0.2) is 5.62 Å². The van der Waals surface area contributed by atoms with Crippen LogP contribution in [0, 0.1) is 0 Å². The van der Waals surface area contributed by atoms with E-state index in [9.17, 15) is 4.79 Å². The van der Waals surface area contributed by atoms with Gasteiger partial charge in [0.1, 0.15) is 0 Å². The van der Waals surface area contributed by atoms with E-state index in [4.69, 9.17) is 0 Å². The number of thioether (sulfide) groups is 1. The molecule has 0 aromatic carbocycles. The standard InChI is InChI=1S/C5H10OS/c1-2-3-4-7-5-6/h5H,2-4H2,1H3. The minimum atomic E-state index is 0.898. The summed E-state index contributed by atoms with van der Waals surface area (Å²) in [6.45, 7) is 2.12. The van der Waals surface area contributed by atoms with E-state index in [0.717, 1.165) is 17.8 Å². The van der Waals surface area contributed by atoms with Crippen molar-refractivity contribution >= 4 is 17.4 Å². The second-order valence-electron chi connectivity index (χ2n) is 1.32. The highest BCUT2D eigenvalue weighted by Crippen LogP contribution is 1.97. The molecular formula is C5H10OS. The Morgan fingerprint density at radius 3 is 2.86 bits per heavy atom. The minimum absolute atomic E-state index is 0.898. The fourth-order valence-electron chi connectivity index (χ4n) is 0.276. The summed E-state index contributed by atoms with van der Waals surface area (Å²) in [5, 5.41) is 0. The van der Waals surface area contributed by atoms with Gasteiger partial charge in [0, 0.05) is 5.75 Å². The Balaban J connectivity index is 2.56. The number of unbranched alkanes of at least 4 members (excludes halogenated alkanes) is 1. The third-order valence-electron chi connectivity index (χ3n) is 0.684. The molecule has 0 saturated carbocycles. The predicted molar refractivity (Wildman–Crippen MR) is 34.1 cm³/mol. The molecule has 0 saturated heterocycles. The first-order valence-corrected chi connectivity index (χ1v) is 3.52. The van der Waals surface area contributed by atoms with Crippen molar-refractivity contribution in [1.82, 2.24) is 0 Å². The third-order valence-corrected chi connectivity index (χ3v) is 1.34. The minimum Gasteiger partial charge on any atom is -0.291 e. The predicted octanol–water partition coefficient (Wildman–Crippen LogP) is 1.71. The summed E-state index contributed by atoms with van der Waals surface area (Å²) in [6, 6.07) is 0. The normalized spacial score (nSPS) is 8.71. The first kappa shape index (κ1) is 7.02. The molecule has 0 fully saturated rings. The molecule has 42 valence electrons. The van der Waals surface area contributed by atoms with Crippen LogP contribution in [0.3, 0.4) is 0 Å². The van der Waals surface area contributed by atoms with Crippen LogP contribution in [0.2, 0.25) is 0 Å². The summed E-state index contributed by atoms with van der Waals surface area (Å²) < 4.78 is 0. The zero-order chi connectivity index (χ0) is 5.54. The maximum absolute atomic E-state index is 9.64. The van der Waals surface area contributed by atoms with E-state index in [1.165, 1.54) is 18.2 Å². The molecule has 0 aliphatic carbocycles. The summed E-state index contributed by atoms with van der Waals surface area (Å²) >= 11 is 1.35. The quantitative estimate of drug-likeness (QED) is 0.413. The highest BCUT2D eigenvalue weighted by Gasteiger charge is 1.80. The number of hydrogen-bond donors (Lipinski definition) is 0. The fourth-order valence-corrected chi connectivity index (χ4v) is 0.827. The van der Waals surface area contributed by atoms with Crippen molar-refractivity contribution in [2.45, 2.75) is 19.8 Å². The number of rotatable bonds is 4. The van der Waals surface area contributed by atoms with E-state index < -0.39 is 0 Å². The van der Waals surface area contributed by atoms with E-state index in [1.54, 1.807) is 0 Å². The van der Waals surface area contributed by atoms with Gasteiger partial charge in [-0.15, -0.1) is 0 Å². The maximum atomic E-state index is 9.64. The van der Waals surface area contributed by atoms with E-state index in [0.29, 0.717) is 0 Å². The molecule has 0 aliphatic heterocycles. The van der Waals surface area contributed by atoms with Gasteiger partial charge in [-0.3, -0.25) is 4.79 Å². The van der Waals surface area contributed by atoms with Crippen molar-refractivity contribution in [3.63, 3.8) is 0 Å². The first-order valence-electron chi connectivity index (χ1n) is 2.47. The topological polar surface area (TPSA) is 17.1 Å². The van der Waals surface area contributed by atoms with Gasteiger partial charge in [0.05, 0.1) is 0 Å². The lowest BCUT2D eigenvalue weighted by atomic mass is 10.4. The van der Waals surface area contributed by atoms with Crippen molar-refractivity contribution in [2.75, 3.05) is 5.75 Å². The van der Waals surface area contributed by atoms with Crippen molar-refractivity contribution in [1.29, 1.82) is 0 Å².